The van der Waals surface area contributed by atoms with E-state index in [1.807, 2.05) is 19.1 Å². The van der Waals surface area contributed by atoms with E-state index in [-0.39, 0.29) is 5.91 Å². The lowest BCUT2D eigenvalue weighted by Crippen LogP contribution is -2.07. The second kappa shape index (κ2) is 10.2. The molecule has 2 aromatic heterocycles. The second-order valence-electron chi connectivity index (χ2n) is 6.55. The van der Waals surface area contributed by atoms with Crippen molar-refractivity contribution in [3.05, 3.63) is 65.5 Å². The molecule has 1 amide bonds. The van der Waals surface area contributed by atoms with Gasteiger partial charge in [-0.3, -0.25) is 9.78 Å². The van der Waals surface area contributed by atoms with Crippen molar-refractivity contribution in [1.82, 2.24) is 9.97 Å². The molecule has 3 rings (SSSR count). The fourth-order valence-corrected chi connectivity index (χ4v) is 3.95. The largest absolute Gasteiger partial charge is 0.369 e. The summed E-state index contributed by atoms with van der Waals surface area (Å²) in [7, 11) is 0. The summed E-state index contributed by atoms with van der Waals surface area (Å²) in [5.74, 6) is 0.864. The number of benzene rings is 1. The molecule has 31 heavy (non-hydrogen) atoms. The summed E-state index contributed by atoms with van der Waals surface area (Å²) >= 11 is 1.42. The van der Waals surface area contributed by atoms with Crippen LogP contribution in [0.1, 0.15) is 30.5 Å². The summed E-state index contributed by atoms with van der Waals surface area (Å²) in [6.07, 6.45) is 3.48. The number of hydrogen-bond donors (Lipinski definition) is 2. The molecule has 0 bridgehead atoms. The first-order chi connectivity index (χ1) is 15.1. The highest BCUT2D eigenvalue weighted by molar-refractivity contribution is 7.98. The van der Waals surface area contributed by atoms with Gasteiger partial charge in [-0.2, -0.15) is 10.5 Å². The van der Waals surface area contributed by atoms with Crippen molar-refractivity contribution >= 4 is 29.2 Å². The van der Waals surface area contributed by atoms with Gasteiger partial charge in [0.1, 0.15) is 28.5 Å². The number of aromatic nitrogens is 2. The minimum atomic E-state index is -0.171. The molecule has 2 heterocycles. The maximum Gasteiger partial charge on any atom is 0.221 e. The van der Waals surface area contributed by atoms with Crippen LogP contribution in [0.4, 0.5) is 11.5 Å². The molecule has 8 heteroatoms. The summed E-state index contributed by atoms with van der Waals surface area (Å²) < 4.78 is 0. The third kappa shape index (κ3) is 5.19. The van der Waals surface area contributed by atoms with Gasteiger partial charge >= 0.3 is 0 Å². The Morgan fingerprint density at radius 3 is 2.45 bits per heavy atom. The lowest BCUT2D eigenvalue weighted by Gasteiger charge is -2.16. The average molecular weight is 429 g/mol. The first-order valence-electron chi connectivity index (χ1n) is 9.59. The SMILES string of the molecule is CCNc1nc(SCc2cccnc2)c(C#N)c(-c2ccc(NC(C)=O)cc2)c1C#N. The van der Waals surface area contributed by atoms with Crippen molar-refractivity contribution in [2.24, 2.45) is 0 Å². The Morgan fingerprint density at radius 1 is 1.13 bits per heavy atom. The lowest BCUT2D eigenvalue weighted by atomic mass is 9.96. The number of nitrogens with one attached hydrogen (secondary N) is 2. The van der Waals surface area contributed by atoms with Crippen molar-refractivity contribution < 1.29 is 4.79 Å². The molecule has 0 aliphatic heterocycles. The molecule has 0 fully saturated rings. The maximum absolute atomic E-state index is 11.3. The van der Waals surface area contributed by atoms with Crippen LogP contribution in [0.25, 0.3) is 11.1 Å². The molecule has 0 atom stereocenters. The van der Waals surface area contributed by atoms with Crippen molar-refractivity contribution in [2.75, 3.05) is 17.2 Å². The number of thioether (sulfide) groups is 1. The number of carbonyl (C=O) groups excluding carboxylic acids is 1. The van der Waals surface area contributed by atoms with Crippen LogP contribution in [0.5, 0.6) is 0 Å². The number of nitriles is 2. The van der Waals surface area contributed by atoms with E-state index in [9.17, 15) is 15.3 Å². The number of pyridine rings is 2. The highest BCUT2D eigenvalue weighted by atomic mass is 32.2. The van der Waals surface area contributed by atoms with E-state index in [2.05, 4.69) is 32.7 Å². The van der Waals surface area contributed by atoms with Gasteiger partial charge in [-0.15, -0.1) is 11.8 Å². The van der Waals surface area contributed by atoms with Gasteiger partial charge in [0.05, 0.1) is 5.56 Å². The monoisotopic (exact) mass is 428 g/mol. The molecule has 0 aliphatic carbocycles. The van der Waals surface area contributed by atoms with Crippen LogP contribution in [0, 0.1) is 22.7 Å². The molecule has 0 aliphatic rings. The van der Waals surface area contributed by atoms with E-state index in [1.54, 1.807) is 36.7 Å². The van der Waals surface area contributed by atoms with Gasteiger partial charge in [-0.1, -0.05) is 18.2 Å². The second-order valence-corrected chi connectivity index (χ2v) is 7.52. The Bertz CT molecular complexity index is 1160. The third-order valence-electron chi connectivity index (χ3n) is 4.32. The Balaban J connectivity index is 2.11. The first-order valence-corrected chi connectivity index (χ1v) is 10.6. The predicted octanol–water partition coefficient (Wildman–Crippen LogP) is 4.57. The number of amides is 1. The lowest BCUT2D eigenvalue weighted by molar-refractivity contribution is -0.114. The van der Waals surface area contributed by atoms with Crippen LogP contribution in [0.2, 0.25) is 0 Å². The van der Waals surface area contributed by atoms with E-state index >= 15 is 0 Å². The smallest absolute Gasteiger partial charge is 0.221 e. The highest BCUT2D eigenvalue weighted by Crippen LogP contribution is 2.37. The van der Waals surface area contributed by atoms with Crippen LogP contribution in [0.3, 0.4) is 0 Å². The van der Waals surface area contributed by atoms with Gasteiger partial charge in [-0.25, -0.2) is 4.98 Å². The van der Waals surface area contributed by atoms with Crippen molar-refractivity contribution in [1.29, 1.82) is 10.5 Å². The summed E-state index contributed by atoms with van der Waals surface area (Å²) in [6.45, 7) is 3.94. The molecular weight excluding hydrogens is 408 g/mol. The quantitative estimate of drug-likeness (QED) is 0.530. The minimum absolute atomic E-state index is 0.171. The molecule has 0 unspecified atom stereocenters. The fourth-order valence-electron chi connectivity index (χ4n) is 3.02. The van der Waals surface area contributed by atoms with Crippen molar-refractivity contribution in [3.63, 3.8) is 0 Å². The van der Waals surface area contributed by atoms with E-state index in [0.717, 1.165) is 5.56 Å². The van der Waals surface area contributed by atoms with Gasteiger partial charge in [0.15, 0.2) is 0 Å². The number of carbonyl (C=O) groups is 1. The molecule has 0 radical (unpaired) electrons. The standard InChI is InChI=1S/C23H20N6OS/c1-3-27-22-19(11-24)21(17-6-8-18(9-7-17)28-15(2)30)20(12-25)23(29-22)31-14-16-5-4-10-26-13-16/h4-10,13H,3,14H2,1-2H3,(H,27,29)(H,28,30). The minimum Gasteiger partial charge on any atom is -0.369 e. The van der Waals surface area contributed by atoms with Gasteiger partial charge in [0.25, 0.3) is 0 Å². The molecule has 1 aromatic carbocycles. The topological polar surface area (TPSA) is 114 Å². The van der Waals surface area contributed by atoms with Crippen LogP contribution in [-0.2, 0) is 10.5 Å². The molecule has 3 aromatic rings. The zero-order chi connectivity index (χ0) is 22.2. The fraction of sp³-hybridized carbons (Fsp3) is 0.174. The molecule has 0 spiro atoms. The average Bonchev–Trinajstić information content (AvgIpc) is 2.78. The van der Waals surface area contributed by atoms with Crippen molar-refractivity contribution in [2.45, 2.75) is 24.6 Å². The van der Waals surface area contributed by atoms with E-state index in [1.165, 1.54) is 18.7 Å². The molecule has 0 saturated heterocycles. The zero-order valence-corrected chi connectivity index (χ0v) is 18.0. The van der Waals surface area contributed by atoms with Crippen LogP contribution < -0.4 is 10.6 Å². The summed E-state index contributed by atoms with van der Waals surface area (Å²) in [6, 6.07) is 15.3. The van der Waals surface area contributed by atoms with Gasteiger partial charge in [-0.05, 0) is 36.2 Å². The summed E-state index contributed by atoms with van der Waals surface area (Å²) in [4.78, 5) is 20.0. The van der Waals surface area contributed by atoms with E-state index in [0.29, 0.717) is 51.1 Å². The Hall–Kier alpha value is -3.88. The third-order valence-corrected chi connectivity index (χ3v) is 5.37. The van der Waals surface area contributed by atoms with Crippen LogP contribution >= 0.6 is 11.8 Å². The van der Waals surface area contributed by atoms with Crippen LogP contribution in [-0.4, -0.2) is 22.4 Å². The number of hydrogen-bond acceptors (Lipinski definition) is 7. The summed E-state index contributed by atoms with van der Waals surface area (Å²) in [5.41, 5.74) is 3.54. The normalized spacial score (nSPS) is 10.1. The zero-order valence-electron chi connectivity index (χ0n) is 17.1. The number of anilines is 2. The maximum atomic E-state index is 11.3. The number of nitrogens with zero attached hydrogens (tertiary/aromatic N) is 4. The Kier molecular flexibility index (Phi) is 7.21. The predicted molar refractivity (Wildman–Crippen MR) is 121 cm³/mol. The van der Waals surface area contributed by atoms with Crippen molar-refractivity contribution in [3.8, 4) is 23.3 Å². The number of rotatable bonds is 7. The molecule has 0 saturated carbocycles. The Morgan fingerprint density at radius 2 is 1.87 bits per heavy atom. The van der Waals surface area contributed by atoms with Crippen LogP contribution in [0.15, 0.2) is 53.8 Å². The van der Waals surface area contributed by atoms with E-state index < -0.39 is 0 Å². The molecule has 7 nitrogen and oxygen atoms in total. The highest BCUT2D eigenvalue weighted by Gasteiger charge is 2.21. The van der Waals surface area contributed by atoms with Gasteiger partial charge in [0, 0.05) is 42.9 Å². The van der Waals surface area contributed by atoms with Gasteiger partial charge in [0.2, 0.25) is 5.91 Å². The van der Waals surface area contributed by atoms with Gasteiger partial charge < -0.3 is 10.6 Å². The van der Waals surface area contributed by atoms with E-state index in [4.69, 9.17) is 0 Å². The first kappa shape index (κ1) is 21.8. The Labute approximate surface area is 185 Å². The molecular formula is C23H20N6OS. The molecule has 154 valence electrons. The molecule has 2 N–H and O–H groups in total. The summed E-state index contributed by atoms with van der Waals surface area (Å²) in [5, 5.41) is 26.2.